The van der Waals surface area contributed by atoms with Crippen molar-refractivity contribution in [2.45, 2.75) is 18.7 Å². The van der Waals surface area contributed by atoms with Crippen LogP contribution in [0.1, 0.15) is 19.4 Å². The Bertz CT molecular complexity index is 1000. The highest BCUT2D eigenvalue weighted by Gasteiger charge is 2.18. The third-order valence-electron chi connectivity index (χ3n) is 4.03. The third kappa shape index (κ3) is 4.96. The molecule has 4 N–H and O–H groups in total. The van der Waals surface area contributed by atoms with Gasteiger partial charge >= 0.3 is 0 Å². The zero-order chi connectivity index (χ0) is 20.9. The maximum absolute atomic E-state index is 11.3. The van der Waals surface area contributed by atoms with Crippen LogP contribution in [-0.4, -0.2) is 37.8 Å². The van der Waals surface area contributed by atoms with Crippen LogP contribution >= 0.6 is 0 Å². The van der Waals surface area contributed by atoms with E-state index in [9.17, 15) is 23.6 Å². The minimum Gasteiger partial charge on any atom is -0.507 e. The third-order valence-corrected chi connectivity index (χ3v) is 4.94. The highest BCUT2D eigenvalue weighted by molar-refractivity contribution is 7.89. The van der Waals surface area contributed by atoms with Crippen molar-refractivity contribution in [1.29, 1.82) is 0 Å². The van der Waals surface area contributed by atoms with Crippen LogP contribution in [0.4, 0.5) is 17.1 Å². The van der Waals surface area contributed by atoms with Gasteiger partial charge in [-0.05, 0) is 38.1 Å². The van der Waals surface area contributed by atoms with Crippen molar-refractivity contribution < 1.29 is 18.4 Å². The van der Waals surface area contributed by atoms with E-state index in [4.69, 9.17) is 5.14 Å². The summed E-state index contributed by atoms with van der Waals surface area (Å²) in [6.07, 6.45) is 1.30. The lowest BCUT2D eigenvalue weighted by atomic mass is 10.2. The van der Waals surface area contributed by atoms with E-state index in [1.807, 2.05) is 19.9 Å². The normalized spacial score (nSPS) is 11.5. The van der Waals surface area contributed by atoms with Crippen molar-refractivity contribution in [3.05, 3.63) is 52.1 Å². The molecule has 28 heavy (non-hydrogen) atoms. The summed E-state index contributed by atoms with van der Waals surface area (Å²) < 4.78 is 22.7. The van der Waals surface area contributed by atoms with Gasteiger partial charge in [-0.3, -0.25) is 15.5 Å². The van der Waals surface area contributed by atoms with E-state index in [2.05, 4.69) is 15.4 Å². The fourth-order valence-electron chi connectivity index (χ4n) is 2.53. The number of sulfonamides is 1. The molecule has 0 heterocycles. The summed E-state index contributed by atoms with van der Waals surface area (Å²) in [5.41, 5.74) is 3.24. The molecule has 11 heteroatoms. The number of aromatic hydroxyl groups is 1. The minimum absolute atomic E-state index is 0.00835. The maximum Gasteiger partial charge on any atom is 0.295 e. The molecule has 0 radical (unpaired) electrons. The first kappa shape index (κ1) is 21.1. The highest BCUT2D eigenvalue weighted by Crippen LogP contribution is 2.27. The van der Waals surface area contributed by atoms with Crippen molar-refractivity contribution in [1.82, 2.24) is 0 Å². The van der Waals surface area contributed by atoms with Gasteiger partial charge < -0.3 is 10.0 Å². The molecular formula is C17H21N5O5S. The molecule has 0 saturated heterocycles. The van der Waals surface area contributed by atoms with Crippen LogP contribution in [0.15, 0.2) is 46.4 Å². The summed E-state index contributed by atoms with van der Waals surface area (Å²) in [6.45, 7) is 5.61. The van der Waals surface area contributed by atoms with E-state index in [1.165, 1.54) is 12.3 Å². The van der Waals surface area contributed by atoms with Crippen molar-refractivity contribution in [3.63, 3.8) is 0 Å². The number of hydrogen-bond acceptors (Lipinski definition) is 8. The zero-order valence-corrected chi connectivity index (χ0v) is 16.2. The molecule has 0 atom stereocenters. The summed E-state index contributed by atoms with van der Waals surface area (Å²) in [5.74, 6) is 0.00835. The smallest absolute Gasteiger partial charge is 0.295 e. The van der Waals surface area contributed by atoms with E-state index in [0.29, 0.717) is 5.56 Å². The van der Waals surface area contributed by atoms with Crippen LogP contribution in [-0.2, 0) is 10.0 Å². The number of hydrogen-bond donors (Lipinski definition) is 3. The molecule has 2 rings (SSSR count). The van der Waals surface area contributed by atoms with Gasteiger partial charge in [-0.25, -0.2) is 13.6 Å². The van der Waals surface area contributed by atoms with Gasteiger partial charge in [0, 0.05) is 36.5 Å². The van der Waals surface area contributed by atoms with E-state index in [-0.39, 0.29) is 16.3 Å². The van der Waals surface area contributed by atoms with Crippen molar-refractivity contribution in [3.8, 4) is 5.75 Å². The predicted octanol–water partition coefficient (Wildman–Crippen LogP) is 2.24. The molecule has 2 aromatic rings. The number of primary sulfonamides is 1. The number of nitrogens with one attached hydrogen (secondary N) is 1. The number of benzene rings is 2. The van der Waals surface area contributed by atoms with Gasteiger partial charge in [-0.1, -0.05) is 0 Å². The molecule has 0 aromatic heterocycles. The van der Waals surface area contributed by atoms with Crippen molar-refractivity contribution in [2.24, 2.45) is 10.2 Å². The van der Waals surface area contributed by atoms with Crippen LogP contribution in [0, 0.1) is 10.1 Å². The van der Waals surface area contributed by atoms with Crippen LogP contribution < -0.4 is 15.5 Å². The van der Waals surface area contributed by atoms with Gasteiger partial charge in [-0.15, -0.1) is 0 Å². The standard InChI is InChI=1S/C17H21N5O5S/c1-3-21(4-2)13-6-5-12(17(23)9-13)11-19-20-15-8-7-14(28(18,26)27)10-16(15)22(24)25/h5-11,20,23H,3-4H2,1-2H3,(H2,18,26,27)/b19-11-. The molecule has 0 bridgehead atoms. The summed E-state index contributed by atoms with van der Waals surface area (Å²) in [5, 5.41) is 30.2. The Hall–Kier alpha value is -3.18. The first-order chi connectivity index (χ1) is 13.2. The van der Waals surface area contributed by atoms with Crippen molar-refractivity contribution in [2.75, 3.05) is 23.4 Å². The van der Waals surface area contributed by atoms with Gasteiger partial charge in [0.1, 0.15) is 11.4 Å². The summed E-state index contributed by atoms with van der Waals surface area (Å²) in [4.78, 5) is 12.1. The van der Waals surface area contributed by atoms with Crippen LogP contribution in [0.5, 0.6) is 5.75 Å². The Balaban J connectivity index is 2.24. The number of nitro groups is 1. The second kappa shape index (κ2) is 8.67. The first-order valence-corrected chi connectivity index (χ1v) is 9.90. The lowest BCUT2D eigenvalue weighted by molar-refractivity contribution is -0.384. The molecule has 0 aliphatic rings. The molecule has 0 spiro atoms. The monoisotopic (exact) mass is 407 g/mol. The zero-order valence-electron chi connectivity index (χ0n) is 15.4. The lowest BCUT2D eigenvalue weighted by Crippen LogP contribution is -2.21. The second-order valence-electron chi connectivity index (χ2n) is 5.77. The Kier molecular flexibility index (Phi) is 6.54. The number of nitrogens with two attached hydrogens (primary N) is 1. The maximum atomic E-state index is 11.3. The van der Waals surface area contributed by atoms with E-state index < -0.39 is 20.6 Å². The molecule has 0 amide bonds. The van der Waals surface area contributed by atoms with Crippen molar-refractivity contribution >= 4 is 33.3 Å². The molecule has 0 aliphatic heterocycles. The van der Waals surface area contributed by atoms with E-state index >= 15 is 0 Å². The number of nitrogens with zero attached hydrogens (tertiary/aromatic N) is 3. The van der Waals surface area contributed by atoms with Crippen LogP contribution in [0.2, 0.25) is 0 Å². The largest absolute Gasteiger partial charge is 0.507 e. The summed E-state index contributed by atoms with van der Waals surface area (Å²) >= 11 is 0. The molecule has 2 aromatic carbocycles. The molecule has 0 fully saturated rings. The Morgan fingerprint density at radius 1 is 1.25 bits per heavy atom. The topological polar surface area (TPSA) is 151 Å². The lowest BCUT2D eigenvalue weighted by Gasteiger charge is -2.21. The van der Waals surface area contributed by atoms with E-state index in [0.717, 1.165) is 30.9 Å². The number of nitro benzene ring substituents is 1. The molecule has 150 valence electrons. The predicted molar refractivity (Wildman–Crippen MR) is 107 cm³/mol. The average Bonchev–Trinajstić information content (AvgIpc) is 2.63. The fraction of sp³-hybridized carbons (Fsp3) is 0.235. The number of rotatable bonds is 8. The van der Waals surface area contributed by atoms with E-state index in [1.54, 1.807) is 12.1 Å². The number of hydrazone groups is 1. The Morgan fingerprint density at radius 3 is 2.46 bits per heavy atom. The van der Waals surface area contributed by atoms with Crippen LogP contribution in [0.25, 0.3) is 0 Å². The number of phenolic OH excluding ortho intramolecular Hbond substituents is 1. The summed E-state index contributed by atoms with van der Waals surface area (Å²) in [6, 6.07) is 8.29. The SMILES string of the molecule is CCN(CC)c1ccc(/C=N\Nc2ccc(S(N)(=O)=O)cc2[N+](=O)[O-])c(O)c1. The molecule has 0 saturated carbocycles. The summed E-state index contributed by atoms with van der Waals surface area (Å²) in [7, 11) is -4.07. The molecule has 10 nitrogen and oxygen atoms in total. The first-order valence-electron chi connectivity index (χ1n) is 8.35. The van der Waals surface area contributed by atoms with Gasteiger partial charge in [-0.2, -0.15) is 5.10 Å². The molecular weight excluding hydrogens is 386 g/mol. The second-order valence-corrected chi connectivity index (χ2v) is 7.33. The fourth-order valence-corrected chi connectivity index (χ4v) is 3.07. The van der Waals surface area contributed by atoms with Gasteiger partial charge in [0.25, 0.3) is 5.69 Å². The minimum atomic E-state index is -4.07. The van der Waals surface area contributed by atoms with Gasteiger partial charge in [0.15, 0.2) is 0 Å². The Morgan fingerprint density at radius 2 is 1.93 bits per heavy atom. The van der Waals surface area contributed by atoms with Gasteiger partial charge in [0.05, 0.1) is 16.0 Å². The molecule has 0 unspecified atom stereocenters. The van der Waals surface area contributed by atoms with Gasteiger partial charge in [0.2, 0.25) is 10.0 Å². The highest BCUT2D eigenvalue weighted by atomic mass is 32.2. The number of phenols is 1. The average molecular weight is 407 g/mol. The molecule has 0 aliphatic carbocycles. The van der Waals surface area contributed by atoms with Crippen LogP contribution in [0.3, 0.4) is 0 Å². The Labute approximate surface area is 162 Å². The quantitative estimate of drug-likeness (QED) is 0.345. The number of anilines is 2.